The van der Waals surface area contributed by atoms with Crippen molar-refractivity contribution in [1.82, 2.24) is 16.0 Å². The first-order valence-electron chi connectivity index (χ1n) is 9.32. The van der Waals surface area contributed by atoms with Crippen molar-refractivity contribution in [2.45, 2.75) is 65.3 Å². The van der Waals surface area contributed by atoms with Gasteiger partial charge in [0.2, 0.25) is 5.91 Å². The molecule has 1 rings (SSSR count). The second-order valence-corrected chi connectivity index (χ2v) is 7.04. The van der Waals surface area contributed by atoms with E-state index in [1.165, 1.54) is 25.7 Å². The van der Waals surface area contributed by atoms with E-state index in [9.17, 15) is 4.79 Å². The lowest BCUT2D eigenvalue weighted by Crippen LogP contribution is -2.40. The number of halogens is 1. The van der Waals surface area contributed by atoms with Gasteiger partial charge in [-0.1, -0.05) is 12.8 Å². The molecule has 25 heavy (non-hydrogen) atoms. The molecule has 1 saturated carbocycles. The Kier molecular flexibility index (Phi) is 13.3. The number of carbonyl (C=O) groups is 1. The normalized spacial score (nSPS) is 16.4. The number of amides is 1. The van der Waals surface area contributed by atoms with E-state index in [2.05, 4.69) is 22.9 Å². The third kappa shape index (κ3) is 10.2. The lowest BCUT2D eigenvalue weighted by molar-refractivity contribution is -0.121. The van der Waals surface area contributed by atoms with Crippen molar-refractivity contribution in [3.05, 3.63) is 0 Å². The average Bonchev–Trinajstić information content (AvgIpc) is 2.99. The highest BCUT2D eigenvalue weighted by molar-refractivity contribution is 14.0. The second-order valence-electron chi connectivity index (χ2n) is 7.04. The molecule has 0 bridgehead atoms. The molecule has 0 aromatic heterocycles. The molecule has 1 aliphatic carbocycles. The summed E-state index contributed by atoms with van der Waals surface area (Å²) in [7, 11) is 1.76. The Morgan fingerprint density at radius 1 is 1.24 bits per heavy atom. The maximum absolute atomic E-state index is 11.7. The molecule has 0 radical (unpaired) electrons. The SMILES string of the molecule is CCNC(=NCC1(CCOC)CCCC1)NCCC(=O)NC(C)C.I. The van der Waals surface area contributed by atoms with Crippen molar-refractivity contribution in [3.8, 4) is 0 Å². The van der Waals surface area contributed by atoms with Crippen LogP contribution in [-0.2, 0) is 9.53 Å². The third-order valence-corrected chi connectivity index (χ3v) is 4.51. The van der Waals surface area contributed by atoms with Gasteiger partial charge in [0.05, 0.1) is 0 Å². The zero-order chi connectivity index (χ0) is 17.8. The Morgan fingerprint density at radius 2 is 1.92 bits per heavy atom. The molecule has 0 atom stereocenters. The van der Waals surface area contributed by atoms with E-state index in [1.54, 1.807) is 7.11 Å². The fourth-order valence-electron chi connectivity index (χ4n) is 3.21. The molecule has 0 aromatic carbocycles. The highest BCUT2D eigenvalue weighted by Gasteiger charge is 2.33. The molecule has 0 unspecified atom stereocenters. The number of ether oxygens (including phenoxy) is 1. The van der Waals surface area contributed by atoms with Gasteiger partial charge in [0.1, 0.15) is 0 Å². The van der Waals surface area contributed by atoms with Crippen LogP contribution < -0.4 is 16.0 Å². The van der Waals surface area contributed by atoms with Gasteiger partial charge in [-0.2, -0.15) is 0 Å². The van der Waals surface area contributed by atoms with Crippen molar-refractivity contribution in [2.24, 2.45) is 10.4 Å². The van der Waals surface area contributed by atoms with Gasteiger partial charge in [0, 0.05) is 45.8 Å². The van der Waals surface area contributed by atoms with E-state index >= 15 is 0 Å². The molecular weight excluding hydrogens is 431 g/mol. The summed E-state index contributed by atoms with van der Waals surface area (Å²) < 4.78 is 5.28. The van der Waals surface area contributed by atoms with Crippen LogP contribution in [0.1, 0.15) is 59.3 Å². The van der Waals surface area contributed by atoms with Gasteiger partial charge < -0.3 is 20.7 Å². The van der Waals surface area contributed by atoms with E-state index < -0.39 is 0 Å². The second kappa shape index (κ2) is 13.6. The number of guanidine groups is 1. The molecule has 1 aliphatic rings. The monoisotopic (exact) mass is 468 g/mol. The van der Waals surface area contributed by atoms with Crippen molar-refractivity contribution >= 4 is 35.8 Å². The Hall–Kier alpha value is -0.570. The van der Waals surface area contributed by atoms with Gasteiger partial charge in [0.25, 0.3) is 0 Å². The topological polar surface area (TPSA) is 74.8 Å². The number of carbonyl (C=O) groups excluding carboxylic acids is 1. The van der Waals surface area contributed by atoms with E-state index in [0.29, 0.717) is 13.0 Å². The summed E-state index contributed by atoms with van der Waals surface area (Å²) in [5.74, 6) is 0.874. The molecule has 1 amide bonds. The summed E-state index contributed by atoms with van der Waals surface area (Å²) in [5, 5.41) is 9.44. The lowest BCUT2D eigenvalue weighted by Gasteiger charge is -2.27. The first-order valence-corrected chi connectivity index (χ1v) is 9.32. The predicted octanol–water partition coefficient (Wildman–Crippen LogP) is 2.67. The molecule has 0 heterocycles. The number of aliphatic imine (C=N–C) groups is 1. The van der Waals surface area contributed by atoms with Gasteiger partial charge in [-0.05, 0) is 45.4 Å². The molecular formula is C18H37IN4O2. The van der Waals surface area contributed by atoms with E-state index in [-0.39, 0.29) is 41.3 Å². The molecule has 0 saturated heterocycles. The Balaban J connectivity index is 0.00000576. The van der Waals surface area contributed by atoms with E-state index in [0.717, 1.165) is 32.1 Å². The minimum absolute atomic E-state index is 0. The smallest absolute Gasteiger partial charge is 0.221 e. The number of methoxy groups -OCH3 is 1. The molecule has 0 aliphatic heterocycles. The van der Waals surface area contributed by atoms with Crippen LogP contribution >= 0.6 is 24.0 Å². The zero-order valence-corrected chi connectivity index (χ0v) is 18.7. The standard InChI is InChI=1S/C18H36N4O2.HI/c1-5-19-17(20-12-8-16(23)22-15(2)3)21-14-18(11-13-24-4)9-6-7-10-18;/h15H,5-14H2,1-4H3,(H,22,23)(H2,19,20,21);1H. The minimum Gasteiger partial charge on any atom is -0.385 e. The number of hydrogen-bond acceptors (Lipinski definition) is 3. The van der Waals surface area contributed by atoms with Gasteiger partial charge in [-0.3, -0.25) is 9.79 Å². The molecule has 7 heteroatoms. The predicted molar refractivity (Wildman–Crippen MR) is 115 cm³/mol. The Bertz CT molecular complexity index is 397. The maximum Gasteiger partial charge on any atom is 0.221 e. The minimum atomic E-state index is 0. The van der Waals surface area contributed by atoms with Gasteiger partial charge >= 0.3 is 0 Å². The van der Waals surface area contributed by atoms with E-state index in [4.69, 9.17) is 9.73 Å². The summed E-state index contributed by atoms with van der Waals surface area (Å²) in [6, 6.07) is 0.183. The average molecular weight is 468 g/mol. The highest BCUT2D eigenvalue weighted by Crippen LogP contribution is 2.41. The van der Waals surface area contributed by atoms with E-state index in [1.807, 2.05) is 13.8 Å². The summed E-state index contributed by atoms with van der Waals surface area (Å²) in [4.78, 5) is 16.5. The summed E-state index contributed by atoms with van der Waals surface area (Å²) in [5.41, 5.74) is 0.285. The van der Waals surface area contributed by atoms with Crippen LogP contribution in [0.5, 0.6) is 0 Å². The van der Waals surface area contributed by atoms with Gasteiger partial charge in [-0.15, -0.1) is 24.0 Å². The largest absolute Gasteiger partial charge is 0.385 e. The quantitative estimate of drug-likeness (QED) is 0.262. The molecule has 0 aromatic rings. The number of hydrogen-bond donors (Lipinski definition) is 3. The van der Waals surface area contributed by atoms with Crippen molar-refractivity contribution in [1.29, 1.82) is 0 Å². The van der Waals surface area contributed by atoms with Crippen LogP contribution in [0, 0.1) is 5.41 Å². The van der Waals surface area contributed by atoms with Crippen LogP contribution in [0.15, 0.2) is 4.99 Å². The molecule has 148 valence electrons. The van der Waals surface area contributed by atoms with Gasteiger partial charge in [-0.25, -0.2) is 0 Å². The van der Waals surface area contributed by atoms with Crippen molar-refractivity contribution in [3.63, 3.8) is 0 Å². The molecule has 3 N–H and O–H groups in total. The number of rotatable bonds is 10. The highest BCUT2D eigenvalue weighted by atomic mass is 127. The summed E-state index contributed by atoms with van der Waals surface area (Å²) in [6.07, 6.45) is 6.57. The van der Waals surface area contributed by atoms with Crippen LogP contribution in [0.25, 0.3) is 0 Å². The zero-order valence-electron chi connectivity index (χ0n) is 16.3. The van der Waals surface area contributed by atoms with Crippen molar-refractivity contribution < 1.29 is 9.53 Å². The van der Waals surface area contributed by atoms with Crippen LogP contribution in [0.3, 0.4) is 0 Å². The first-order chi connectivity index (χ1) is 11.5. The van der Waals surface area contributed by atoms with Crippen LogP contribution in [-0.4, -0.2) is 51.3 Å². The number of nitrogens with zero attached hydrogens (tertiary/aromatic N) is 1. The van der Waals surface area contributed by atoms with Crippen LogP contribution in [0.2, 0.25) is 0 Å². The molecule has 1 fully saturated rings. The fraction of sp³-hybridized carbons (Fsp3) is 0.889. The van der Waals surface area contributed by atoms with Gasteiger partial charge in [0.15, 0.2) is 5.96 Å². The summed E-state index contributed by atoms with van der Waals surface area (Å²) >= 11 is 0. The molecule has 0 spiro atoms. The summed E-state index contributed by atoms with van der Waals surface area (Å²) in [6.45, 7) is 9.03. The Morgan fingerprint density at radius 3 is 2.48 bits per heavy atom. The fourth-order valence-corrected chi connectivity index (χ4v) is 3.21. The first kappa shape index (κ1) is 24.4. The Labute approximate surface area is 170 Å². The lowest BCUT2D eigenvalue weighted by atomic mass is 9.83. The van der Waals surface area contributed by atoms with Crippen molar-refractivity contribution in [2.75, 3.05) is 33.4 Å². The number of nitrogens with one attached hydrogen (secondary N) is 3. The third-order valence-electron chi connectivity index (χ3n) is 4.51. The maximum atomic E-state index is 11.7. The van der Waals surface area contributed by atoms with Crippen LogP contribution in [0.4, 0.5) is 0 Å². The molecule has 6 nitrogen and oxygen atoms in total.